The van der Waals surface area contributed by atoms with Crippen molar-refractivity contribution in [3.63, 3.8) is 0 Å². The topological polar surface area (TPSA) is 68.1 Å². The maximum atomic E-state index is 11.0. The lowest BCUT2D eigenvalue weighted by Crippen LogP contribution is -2.12. The van der Waals surface area contributed by atoms with Gasteiger partial charge < -0.3 is 9.82 Å². The molecule has 3 N–H and O–H groups in total. The van der Waals surface area contributed by atoms with Crippen LogP contribution in [-0.4, -0.2) is 11.0 Å². The normalized spacial score (nSPS) is 10.4. The van der Waals surface area contributed by atoms with Crippen molar-refractivity contribution in [2.75, 3.05) is 0 Å². The summed E-state index contributed by atoms with van der Waals surface area (Å²) >= 11 is 0. The highest BCUT2D eigenvalue weighted by molar-refractivity contribution is 5.87. The Morgan fingerprint density at radius 2 is 2.21 bits per heavy atom. The Hall–Kier alpha value is -1.81. The van der Waals surface area contributed by atoms with Crippen LogP contribution in [0.2, 0.25) is 0 Å². The van der Waals surface area contributed by atoms with Crippen LogP contribution in [0, 0.1) is 0 Å². The van der Waals surface area contributed by atoms with E-state index in [0.29, 0.717) is 0 Å². The summed E-state index contributed by atoms with van der Waals surface area (Å²) < 4.78 is 0. The molecule has 1 aromatic carbocycles. The highest BCUT2D eigenvalue weighted by atomic mass is 16.7. The predicted molar refractivity (Wildman–Crippen MR) is 52.3 cm³/mol. The van der Waals surface area contributed by atoms with E-state index in [1.165, 1.54) is 0 Å². The van der Waals surface area contributed by atoms with Crippen LogP contribution in [0.3, 0.4) is 0 Å². The van der Waals surface area contributed by atoms with E-state index in [4.69, 9.17) is 5.90 Å². The maximum absolute atomic E-state index is 11.0. The molecule has 4 nitrogen and oxygen atoms in total. The number of nitrogens with one attached hydrogen (secondary N) is 1. The first kappa shape index (κ1) is 8.77. The highest BCUT2D eigenvalue weighted by Gasteiger charge is 2.08. The predicted octanol–water partition coefficient (Wildman–Crippen LogP) is 1.13. The van der Waals surface area contributed by atoms with Crippen LogP contribution in [0.5, 0.6) is 0 Å². The second kappa shape index (κ2) is 3.51. The molecule has 2 rings (SSSR count). The van der Waals surface area contributed by atoms with Gasteiger partial charge in [0.15, 0.2) is 0 Å². The fourth-order valence-corrected chi connectivity index (χ4v) is 1.48. The second-order valence-corrected chi connectivity index (χ2v) is 3.03. The van der Waals surface area contributed by atoms with Gasteiger partial charge in [-0.25, -0.2) is 0 Å². The summed E-state index contributed by atoms with van der Waals surface area (Å²) in [5.41, 5.74) is 1.91. The lowest BCUT2D eigenvalue weighted by atomic mass is 10.1. The van der Waals surface area contributed by atoms with E-state index in [2.05, 4.69) is 9.82 Å². The van der Waals surface area contributed by atoms with Gasteiger partial charge in [-0.3, -0.25) is 4.79 Å². The van der Waals surface area contributed by atoms with Crippen LogP contribution in [0.15, 0.2) is 30.5 Å². The van der Waals surface area contributed by atoms with E-state index in [9.17, 15) is 4.79 Å². The Bertz CT molecular complexity index is 462. The Kier molecular flexibility index (Phi) is 2.20. The number of aromatic amines is 1. The van der Waals surface area contributed by atoms with E-state index in [-0.39, 0.29) is 6.42 Å². The summed E-state index contributed by atoms with van der Waals surface area (Å²) in [5.74, 6) is 4.34. The smallest absolute Gasteiger partial charge is 0.328 e. The molecule has 4 heteroatoms. The summed E-state index contributed by atoms with van der Waals surface area (Å²) in [7, 11) is 0. The number of rotatable bonds is 2. The minimum Gasteiger partial charge on any atom is -0.373 e. The van der Waals surface area contributed by atoms with Crippen LogP contribution in [-0.2, 0) is 16.1 Å². The van der Waals surface area contributed by atoms with Gasteiger partial charge in [-0.05, 0) is 11.6 Å². The number of hydrogen-bond donors (Lipinski definition) is 2. The molecule has 72 valence electrons. The Balaban J connectivity index is 2.38. The fourth-order valence-electron chi connectivity index (χ4n) is 1.48. The zero-order chi connectivity index (χ0) is 9.97. The minimum absolute atomic E-state index is 0.195. The monoisotopic (exact) mass is 190 g/mol. The van der Waals surface area contributed by atoms with Crippen molar-refractivity contribution in [2.24, 2.45) is 5.90 Å². The first-order valence-corrected chi connectivity index (χ1v) is 4.26. The maximum Gasteiger partial charge on any atom is 0.328 e. The molecule has 0 radical (unpaired) electrons. The Morgan fingerprint density at radius 3 is 3.00 bits per heavy atom. The Morgan fingerprint density at radius 1 is 1.43 bits per heavy atom. The molecular formula is C10H10N2O2. The van der Waals surface area contributed by atoms with Crippen molar-refractivity contribution in [1.29, 1.82) is 0 Å². The molecule has 0 fully saturated rings. The summed E-state index contributed by atoms with van der Waals surface area (Å²) in [5, 5.41) is 1.03. The molecule has 0 spiro atoms. The summed E-state index contributed by atoms with van der Waals surface area (Å²) in [6.45, 7) is 0. The van der Waals surface area contributed by atoms with E-state index in [0.717, 1.165) is 16.5 Å². The van der Waals surface area contributed by atoms with Crippen molar-refractivity contribution in [2.45, 2.75) is 6.42 Å². The number of carbonyl (C=O) groups is 1. The molecular weight excluding hydrogens is 180 g/mol. The number of para-hydroxylation sites is 1. The molecule has 0 bridgehead atoms. The average Bonchev–Trinajstić information content (AvgIpc) is 2.62. The molecule has 0 aliphatic carbocycles. The number of benzene rings is 1. The molecule has 0 aliphatic heterocycles. The van der Waals surface area contributed by atoms with Gasteiger partial charge in [-0.1, -0.05) is 18.2 Å². The molecule has 0 aliphatic rings. The van der Waals surface area contributed by atoms with Crippen molar-refractivity contribution in [3.8, 4) is 0 Å². The van der Waals surface area contributed by atoms with E-state index >= 15 is 0 Å². The number of aromatic nitrogens is 1. The first-order valence-electron chi connectivity index (χ1n) is 4.26. The molecule has 14 heavy (non-hydrogen) atoms. The molecule has 1 aromatic heterocycles. The zero-order valence-electron chi connectivity index (χ0n) is 7.49. The van der Waals surface area contributed by atoms with Gasteiger partial charge in [0.1, 0.15) is 0 Å². The van der Waals surface area contributed by atoms with Gasteiger partial charge in [0.25, 0.3) is 0 Å². The highest BCUT2D eigenvalue weighted by Crippen LogP contribution is 2.17. The van der Waals surface area contributed by atoms with Gasteiger partial charge in [-0.15, -0.1) is 0 Å². The number of carbonyl (C=O) groups excluding carboxylic acids is 1. The van der Waals surface area contributed by atoms with Crippen LogP contribution < -0.4 is 5.90 Å². The lowest BCUT2D eigenvalue weighted by molar-refractivity contribution is -0.143. The molecule has 0 saturated carbocycles. The number of fused-ring (bicyclic) bond motifs is 1. The van der Waals surface area contributed by atoms with Crippen molar-refractivity contribution >= 4 is 16.9 Å². The van der Waals surface area contributed by atoms with E-state index < -0.39 is 5.97 Å². The molecule has 0 saturated heterocycles. The number of hydrogen-bond acceptors (Lipinski definition) is 3. The number of nitrogens with two attached hydrogens (primary N) is 1. The average molecular weight is 190 g/mol. The quantitative estimate of drug-likeness (QED) is 0.697. The Labute approximate surface area is 80.6 Å². The standard InChI is InChI=1S/C10H10N2O2/c11-14-10(13)5-7-6-12-9-4-2-1-3-8(7)9/h1-4,6,12H,5,11H2. The van der Waals surface area contributed by atoms with E-state index in [1.54, 1.807) is 6.20 Å². The zero-order valence-corrected chi connectivity index (χ0v) is 7.49. The SMILES string of the molecule is NOC(=O)Cc1c[nH]c2ccccc12. The van der Waals surface area contributed by atoms with Gasteiger partial charge in [0.05, 0.1) is 6.42 Å². The van der Waals surface area contributed by atoms with E-state index in [1.807, 2.05) is 24.3 Å². The second-order valence-electron chi connectivity index (χ2n) is 3.03. The molecule has 0 atom stereocenters. The first-order chi connectivity index (χ1) is 6.81. The van der Waals surface area contributed by atoms with Gasteiger partial charge in [0.2, 0.25) is 0 Å². The lowest BCUT2D eigenvalue weighted by Gasteiger charge is -1.96. The van der Waals surface area contributed by atoms with Crippen molar-refractivity contribution < 1.29 is 9.63 Å². The fraction of sp³-hybridized carbons (Fsp3) is 0.100. The van der Waals surface area contributed by atoms with Crippen LogP contribution >= 0.6 is 0 Å². The van der Waals surface area contributed by atoms with Crippen molar-refractivity contribution in [3.05, 3.63) is 36.0 Å². The minimum atomic E-state index is -0.435. The van der Waals surface area contributed by atoms with Crippen LogP contribution in [0.4, 0.5) is 0 Å². The summed E-state index contributed by atoms with van der Waals surface area (Å²) in [6, 6.07) is 7.76. The molecule has 1 heterocycles. The van der Waals surface area contributed by atoms with Gasteiger partial charge in [0, 0.05) is 17.1 Å². The molecule has 0 unspecified atom stereocenters. The van der Waals surface area contributed by atoms with Crippen molar-refractivity contribution in [1.82, 2.24) is 4.98 Å². The summed E-state index contributed by atoms with van der Waals surface area (Å²) in [6.07, 6.45) is 1.99. The largest absolute Gasteiger partial charge is 0.373 e. The van der Waals surface area contributed by atoms with Crippen LogP contribution in [0.25, 0.3) is 10.9 Å². The van der Waals surface area contributed by atoms with Gasteiger partial charge in [-0.2, -0.15) is 5.90 Å². The number of H-pyrrole nitrogens is 1. The van der Waals surface area contributed by atoms with Crippen LogP contribution in [0.1, 0.15) is 5.56 Å². The third-order valence-electron chi connectivity index (χ3n) is 2.14. The third-order valence-corrected chi connectivity index (χ3v) is 2.14. The summed E-state index contributed by atoms with van der Waals surface area (Å²) in [4.78, 5) is 18.2. The van der Waals surface area contributed by atoms with Gasteiger partial charge >= 0.3 is 5.97 Å². The molecule has 0 amide bonds. The third kappa shape index (κ3) is 1.47. The molecule has 2 aromatic rings.